The molecule has 1 aromatic heterocycles. The molecule has 1 amide bonds. The maximum Gasteiger partial charge on any atom is 0.261 e. The van der Waals surface area contributed by atoms with Crippen molar-refractivity contribution in [2.24, 2.45) is 5.92 Å². The summed E-state index contributed by atoms with van der Waals surface area (Å²) >= 11 is 0. The number of carbonyl (C=O) groups excluding carboxylic acids is 1. The Kier molecular flexibility index (Phi) is 5.66. The van der Waals surface area contributed by atoms with Gasteiger partial charge in [-0.25, -0.2) is 4.98 Å². The van der Waals surface area contributed by atoms with Gasteiger partial charge in [-0.05, 0) is 25.3 Å². The minimum absolute atomic E-state index is 0.0736. The van der Waals surface area contributed by atoms with Crippen molar-refractivity contribution in [3.8, 4) is 11.5 Å². The lowest BCUT2D eigenvalue weighted by atomic mass is 9.90. The van der Waals surface area contributed by atoms with Gasteiger partial charge in [0.2, 0.25) is 5.91 Å². The molecule has 0 spiro atoms. The molecule has 9 heteroatoms. The first-order chi connectivity index (χ1) is 14.4. The van der Waals surface area contributed by atoms with E-state index in [-0.39, 0.29) is 23.9 Å². The van der Waals surface area contributed by atoms with Crippen LogP contribution in [0.1, 0.15) is 19.3 Å². The van der Waals surface area contributed by atoms with Crippen LogP contribution in [0.3, 0.4) is 0 Å². The number of aliphatic hydroxyl groups is 1. The second-order valence-electron chi connectivity index (χ2n) is 8.01. The zero-order chi connectivity index (χ0) is 21.3. The van der Waals surface area contributed by atoms with E-state index >= 15 is 0 Å². The van der Waals surface area contributed by atoms with E-state index in [0.29, 0.717) is 61.5 Å². The van der Waals surface area contributed by atoms with Gasteiger partial charge in [-0.3, -0.25) is 14.2 Å². The lowest BCUT2D eigenvalue weighted by Gasteiger charge is -2.39. The molecule has 3 heterocycles. The third-order valence-corrected chi connectivity index (χ3v) is 6.08. The largest absolute Gasteiger partial charge is 0.493 e. The summed E-state index contributed by atoms with van der Waals surface area (Å²) in [4.78, 5) is 31.7. The van der Waals surface area contributed by atoms with Crippen molar-refractivity contribution in [3.05, 3.63) is 28.8 Å². The van der Waals surface area contributed by atoms with E-state index in [9.17, 15) is 14.7 Å². The average molecular weight is 417 g/mol. The number of fused-ring (bicyclic) bond motifs is 1. The molecule has 0 bridgehead atoms. The average Bonchev–Trinajstić information content (AvgIpc) is 3.30. The molecule has 2 aromatic rings. The van der Waals surface area contributed by atoms with Gasteiger partial charge in [-0.1, -0.05) is 0 Å². The molecule has 2 saturated heterocycles. The number of benzene rings is 1. The number of hydrogen-bond donors (Lipinski definition) is 1. The van der Waals surface area contributed by atoms with Crippen molar-refractivity contribution in [1.82, 2.24) is 14.5 Å². The number of rotatable bonds is 5. The van der Waals surface area contributed by atoms with Crippen LogP contribution in [0.15, 0.2) is 23.3 Å². The van der Waals surface area contributed by atoms with Crippen molar-refractivity contribution in [2.75, 3.05) is 40.5 Å². The second kappa shape index (κ2) is 8.23. The predicted molar refractivity (Wildman–Crippen MR) is 109 cm³/mol. The van der Waals surface area contributed by atoms with E-state index in [1.165, 1.54) is 25.1 Å². The standard InChI is InChI=1S/C21H27N3O6/c1-28-17-9-15-16(10-18(17)29-2)22-13-24(20(15)26)12-21(27)4-6-23(7-5-21)19(25)14-3-8-30-11-14/h9-10,13-14,27H,3-8,11-12H2,1-2H3. The summed E-state index contributed by atoms with van der Waals surface area (Å²) in [6, 6.07) is 3.26. The second-order valence-corrected chi connectivity index (χ2v) is 8.01. The van der Waals surface area contributed by atoms with Crippen molar-refractivity contribution >= 4 is 16.8 Å². The van der Waals surface area contributed by atoms with Gasteiger partial charge in [0.25, 0.3) is 5.56 Å². The molecule has 4 rings (SSSR count). The minimum Gasteiger partial charge on any atom is -0.493 e. The Hall–Kier alpha value is -2.65. The van der Waals surface area contributed by atoms with Crippen LogP contribution >= 0.6 is 0 Å². The number of hydrogen-bond acceptors (Lipinski definition) is 7. The third kappa shape index (κ3) is 3.87. The normalized spacial score (nSPS) is 21.0. The summed E-state index contributed by atoms with van der Waals surface area (Å²) in [5.74, 6) is 0.969. The lowest BCUT2D eigenvalue weighted by Crippen LogP contribution is -2.51. The highest BCUT2D eigenvalue weighted by molar-refractivity contribution is 5.81. The van der Waals surface area contributed by atoms with Crippen LogP contribution in [0.5, 0.6) is 11.5 Å². The van der Waals surface area contributed by atoms with Gasteiger partial charge in [0.15, 0.2) is 11.5 Å². The smallest absolute Gasteiger partial charge is 0.261 e. The molecular formula is C21H27N3O6. The number of aromatic nitrogens is 2. The summed E-state index contributed by atoms with van der Waals surface area (Å²) in [5.41, 5.74) is -0.824. The Balaban J connectivity index is 1.50. The highest BCUT2D eigenvalue weighted by atomic mass is 16.5. The third-order valence-electron chi connectivity index (χ3n) is 6.08. The molecule has 2 aliphatic rings. The summed E-state index contributed by atoms with van der Waals surface area (Å²) in [5, 5.41) is 11.5. The van der Waals surface area contributed by atoms with Gasteiger partial charge in [-0.2, -0.15) is 0 Å². The van der Waals surface area contributed by atoms with Crippen LogP contribution in [-0.2, 0) is 16.1 Å². The molecule has 162 valence electrons. The Morgan fingerprint density at radius 1 is 1.27 bits per heavy atom. The van der Waals surface area contributed by atoms with Gasteiger partial charge in [0.05, 0.1) is 56.1 Å². The van der Waals surface area contributed by atoms with Gasteiger partial charge in [-0.15, -0.1) is 0 Å². The number of carbonyl (C=O) groups is 1. The van der Waals surface area contributed by atoms with Gasteiger partial charge >= 0.3 is 0 Å². The number of methoxy groups -OCH3 is 2. The van der Waals surface area contributed by atoms with E-state index in [1.54, 1.807) is 17.0 Å². The van der Waals surface area contributed by atoms with Gasteiger partial charge in [0.1, 0.15) is 0 Å². The van der Waals surface area contributed by atoms with Crippen LogP contribution in [0.4, 0.5) is 0 Å². The fraction of sp³-hybridized carbons (Fsp3) is 0.571. The maximum atomic E-state index is 13.0. The van der Waals surface area contributed by atoms with Crippen molar-refractivity contribution in [2.45, 2.75) is 31.4 Å². The molecule has 0 aliphatic carbocycles. The highest BCUT2D eigenvalue weighted by Gasteiger charge is 2.37. The van der Waals surface area contributed by atoms with E-state index in [0.717, 1.165) is 6.42 Å². The van der Waals surface area contributed by atoms with Crippen LogP contribution in [-0.4, -0.2) is 71.6 Å². The van der Waals surface area contributed by atoms with Crippen molar-refractivity contribution in [3.63, 3.8) is 0 Å². The molecule has 30 heavy (non-hydrogen) atoms. The summed E-state index contributed by atoms with van der Waals surface area (Å²) in [7, 11) is 3.03. The topological polar surface area (TPSA) is 103 Å². The molecular weight excluding hydrogens is 390 g/mol. The first-order valence-corrected chi connectivity index (χ1v) is 10.1. The van der Waals surface area contributed by atoms with Crippen LogP contribution in [0, 0.1) is 5.92 Å². The van der Waals surface area contributed by atoms with Crippen LogP contribution in [0.2, 0.25) is 0 Å². The van der Waals surface area contributed by atoms with Gasteiger partial charge < -0.3 is 24.2 Å². The molecule has 1 aromatic carbocycles. The molecule has 2 fully saturated rings. The molecule has 2 aliphatic heterocycles. The van der Waals surface area contributed by atoms with E-state index in [4.69, 9.17) is 14.2 Å². The predicted octanol–water partition coefficient (Wildman–Crippen LogP) is 0.804. The van der Waals surface area contributed by atoms with Crippen molar-refractivity contribution < 1.29 is 24.1 Å². The molecule has 1 unspecified atom stereocenters. The van der Waals surface area contributed by atoms with Gasteiger partial charge in [0, 0.05) is 25.8 Å². The molecule has 0 radical (unpaired) electrons. The summed E-state index contributed by atoms with van der Waals surface area (Å²) < 4.78 is 17.3. The zero-order valence-electron chi connectivity index (χ0n) is 17.3. The summed E-state index contributed by atoms with van der Waals surface area (Å²) in [6.07, 6.45) is 3.01. The number of piperidine rings is 1. The fourth-order valence-corrected chi connectivity index (χ4v) is 4.20. The quantitative estimate of drug-likeness (QED) is 0.768. The molecule has 1 atom stereocenters. The lowest BCUT2D eigenvalue weighted by molar-refractivity contribution is -0.140. The number of amides is 1. The molecule has 0 saturated carbocycles. The Morgan fingerprint density at radius 3 is 2.60 bits per heavy atom. The van der Waals surface area contributed by atoms with Crippen molar-refractivity contribution in [1.29, 1.82) is 0 Å². The number of nitrogens with zero attached hydrogens (tertiary/aromatic N) is 3. The first-order valence-electron chi connectivity index (χ1n) is 10.1. The van der Waals surface area contributed by atoms with E-state index < -0.39 is 5.60 Å². The zero-order valence-corrected chi connectivity index (χ0v) is 17.3. The maximum absolute atomic E-state index is 13.0. The Labute approximate surface area is 174 Å². The Bertz CT molecular complexity index is 990. The number of ether oxygens (including phenoxy) is 3. The molecule has 9 nitrogen and oxygen atoms in total. The van der Waals surface area contributed by atoms with Crippen LogP contribution < -0.4 is 15.0 Å². The minimum atomic E-state index is -1.07. The summed E-state index contributed by atoms with van der Waals surface area (Å²) in [6.45, 7) is 2.16. The number of likely N-dealkylation sites (tertiary alicyclic amines) is 1. The van der Waals surface area contributed by atoms with Crippen LogP contribution in [0.25, 0.3) is 10.9 Å². The van der Waals surface area contributed by atoms with E-state index in [2.05, 4.69) is 4.98 Å². The fourth-order valence-electron chi connectivity index (χ4n) is 4.20. The van der Waals surface area contributed by atoms with E-state index in [1.807, 2.05) is 0 Å². The highest BCUT2D eigenvalue weighted by Crippen LogP contribution is 2.30. The Morgan fingerprint density at radius 2 is 1.97 bits per heavy atom. The monoisotopic (exact) mass is 417 g/mol. The molecule has 1 N–H and O–H groups in total. The SMILES string of the molecule is COc1cc2ncn(CC3(O)CCN(C(=O)C4CCOC4)CC3)c(=O)c2cc1OC. The first kappa shape index (κ1) is 20.6.